The number of para-hydroxylation sites is 2. The molecule has 1 aromatic rings. The second-order valence-corrected chi connectivity index (χ2v) is 11.4. The van der Waals surface area contributed by atoms with Crippen molar-refractivity contribution in [2.24, 2.45) is 0 Å². The first kappa shape index (κ1) is 29.6. The standard InChI is InChI=1S/C34H45NO3/c1-23(2)13-10-14-24(3)15-11-16-25(4)17-12-21-34(7,37)22-20-28-32(36)27(6)26(5)31-33(28)38-30-19-9-8-18-29(30)35-31/h8-9,13,15,17-19,37H,10-12,14,16,20-22H2,1-7H3/t34-/m1/s1. The summed E-state index contributed by atoms with van der Waals surface area (Å²) in [6, 6.07) is 7.63. The molecule has 1 aliphatic heterocycles. The summed E-state index contributed by atoms with van der Waals surface area (Å²) in [4.78, 5) is 18.0. The van der Waals surface area contributed by atoms with Gasteiger partial charge in [-0.05, 0) is 118 Å². The predicted octanol–water partition coefficient (Wildman–Crippen LogP) is 8.79. The molecular formula is C34H45NO3. The van der Waals surface area contributed by atoms with Crippen LogP contribution in [0.5, 0.6) is 0 Å². The SMILES string of the molecule is CC(C)=CCCC(C)=CCCC(C)=CCC[C@@](C)(O)CCc1c2oc3ccccc3nc-2c(C)c(C)c1=O. The van der Waals surface area contributed by atoms with Crippen LogP contribution in [0.2, 0.25) is 0 Å². The van der Waals surface area contributed by atoms with Gasteiger partial charge in [0, 0.05) is 11.1 Å². The van der Waals surface area contributed by atoms with Gasteiger partial charge in [0.2, 0.25) is 0 Å². The lowest BCUT2D eigenvalue weighted by Gasteiger charge is -2.23. The third-order valence-electron chi connectivity index (χ3n) is 7.54. The molecule has 0 saturated heterocycles. The normalized spacial score (nSPS) is 14.2. The zero-order valence-electron chi connectivity index (χ0n) is 24.4. The van der Waals surface area contributed by atoms with Crippen LogP contribution in [0.1, 0.15) is 96.3 Å². The van der Waals surface area contributed by atoms with Crippen molar-refractivity contribution >= 4 is 11.1 Å². The highest BCUT2D eigenvalue weighted by Gasteiger charge is 2.26. The number of hydrogen-bond donors (Lipinski definition) is 1. The summed E-state index contributed by atoms with van der Waals surface area (Å²) >= 11 is 0. The van der Waals surface area contributed by atoms with E-state index in [-0.39, 0.29) is 5.43 Å². The maximum absolute atomic E-state index is 13.2. The van der Waals surface area contributed by atoms with Crippen molar-refractivity contribution in [1.29, 1.82) is 0 Å². The van der Waals surface area contributed by atoms with E-state index in [1.807, 2.05) is 45.0 Å². The van der Waals surface area contributed by atoms with E-state index in [1.54, 1.807) is 0 Å². The van der Waals surface area contributed by atoms with Gasteiger partial charge in [0.1, 0.15) is 11.2 Å². The molecule has 0 saturated carbocycles. The van der Waals surface area contributed by atoms with Crippen molar-refractivity contribution in [3.8, 4) is 11.5 Å². The largest absolute Gasteiger partial charge is 0.452 e. The Bertz CT molecular complexity index is 1370. The van der Waals surface area contributed by atoms with Gasteiger partial charge in [-0.3, -0.25) is 4.79 Å². The van der Waals surface area contributed by atoms with Crippen molar-refractivity contribution in [2.45, 2.75) is 105 Å². The van der Waals surface area contributed by atoms with Crippen LogP contribution in [0, 0.1) is 13.8 Å². The van der Waals surface area contributed by atoms with Crippen molar-refractivity contribution in [2.75, 3.05) is 0 Å². The molecule has 38 heavy (non-hydrogen) atoms. The van der Waals surface area contributed by atoms with Gasteiger partial charge in [-0.25, -0.2) is 4.98 Å². The molecule has 1 heterocycles. The van der Waals surface area contributed by atoms with Crippen LogP contribution in [-0.2, 0) is 6.42 Å². The molecule has 2 aliphatic rings. The van der Waals surface area contributed by atoms with Crippen LogP contribution in [0.15, 0.2) is 68.4 Å². The average Bonchev–Trinajstić information content (AvgIpc) is 2.86. The quantitative estimate of drug-likeness (QED) is 0.193. The molecule has 204 valence electrons. The van der Waals surface area contributed by atoms with E-state index in [4.69, 9.17) is 9.40 Å². The monoisotopic (exact) mass is 515 g/mol. The van der Waals surface area contributed by atoms with E-state index in [0.717, 1.165) is 48.9 Å². The Labute approximate surface area is 228 Å². The van der Waals surface area contributed by atoms with Crippen molar-refractivity contribution in [3.63, 3.8) is 0 Å². The fourth-order valence-corrected chi connectivity index (χ4v) is 4.82. The van der Waals surface area contributed by atoms with Gasteiger partial charge in [0.05, 0.1) is 5.60 Å². The number of nitrogens with zero attached hydrogens (tertiary/aromatic N) is 1. The first-order valence-corrected chi connectivity index (χ1v) is 14.0. The molecule has 3 rings (SSSR count). The average molecular weight is 516 g/mol. The Morgan fingerprint density at radius 3 is 2.24 bits per heavy atom. The minimum Gasteiger partial charge on any atom is -0.452 e. The summed E-state index contributed by atoms with van der Waals surface area (Å²) in [7, 11) is 0. The highest BCUT2D eigenvalue weighted by Crippen LogP contribution is 2.32. The lowest BCUT2D eigenvalue weighted by atomic mass is 9.89. The van der Waals surface area contributed by atoms with Gasteiger partial charge < -0.3 is 9.52 Å². The molecule has 1 atom stereocenters. The number of benzene rings is 2. The van der Waals surface area contributed by atoms with Crippen LogP contribution in [0.25, 0.3) is 22.6 Å². The molecular weight excluding hydrogens is 470 g/mol. The van der Waals surface area contributed by atoms with Gasteiger partial charge in [-0.2, -0.15) is 0 Å². The summed E-state index contributed by atoms with van der Waals surface area (Å²) in [5.41, 5.74) is 7.63. The summed E-state index contributed by atoms with van der Waals surface area (Å²) < 4.78 is 6.20. The molecule has 0 spiro atoms. The topological polar surface area (TPSA) is 63.3 Å². The Balaban J connectivity index is 1.61. The van der Waals surface area contributed by atoms with Crippen LogP contribution >= 0.6 is 0 Å². The minimum atomic E-state index is -0.875. The zero-order valence-corrected chi connectivity index (χ0v) is 24.4. The van der Waals surface area contributed by atoms with Crippen molar-refractivity contribution in [3.05, 3.63) is 86.1 Å². The summed E-state index contributed by atoms with van der Waals surface area (Å²) in [5.74, 6) is 0.549. The fourth-order valence-electron chi connectivity index (χ4n) is 4.82. The molecule has 0 aromatic heterocycles. The second-order valence-electron chi connectivity index (χ2n) is 11.4. The van der Waals surface area contributed by atoms with Gasteiger partial charge in [0.25, 0.3) is 0 Å². The number of aliphatic hydroxyl groups is 1. The Kier molecular flexibility index (Phi) is 10.3. The summed E-state index contributed by atoms with van der Waals surface area (Å²) in [6.07, 6.45) is 13.6. The number of allylic oxidation sites excluding steroid dienone is 6. The highest BCUT2D eigenvalue weighted by atomic mass is 16.3. The third kappa shape index (κ3) is 8.01. The molecule has 0 fully saturated rings. The molecule has 1 N–H and O–H groups in total. The number of aromatic nitrogens is 1. The lowest BCUT2D eigenvalue weighted by molar-refractivity contribution is 0.0431. The molecule has 0 radical (unpaired) electrons. The van der Waals surface area contributed by atoms with E-state index in [9.17, 15) is 9.90 Å². The Morgan fingerprint density at radius 1 is 0.921 bits per heavy atom. The van der Waals surface area contributed by atoms with Crippen molar-refractivity contribution < 1.29 is 9.52 Å². The smallest absolute Gasteiger partial charge is 0.188 e. The van der Waals surface area contributed by atoms with Gasteiger partial charge in [-0.1, -0.05) is 47.1 Å². The molecule has 0 unspecified atom stereocenters. The van der Waals surface area contributed by atoms with Crippen molar-refractivity contribution in [1.82, 2.24) is 4.98 Å². The molecule has 1 aliphatic carbocycles. The lowest BCUT2D eigenvalue weighted by Crippen LogP contribution is -2.27. The number of rotatable bonds is 12. The second kappa shape index (κ2) is 13.2. The first-order chi connectivity index (χ1) is 18.0. The van der Waals surface area contributed by atoms with Gasteiger partial charge in [0.15, 0.2) is 16.8 Å². The zero-order chi connectivity index (χ0) is 27.9. The van der Waals surface area contributed by atoms with E-state index in [2.05, 4.69) is 45.9 Å². The maximum Gasteiger partial charge on any atom is 0.188 e. The number of hydrogen-bond acceptors (Lipinski definition) is 4. The van der Waals surface area contributed by atoms with Crippen LogP contribution in [-0.4, -0.2) is 15.7 Å². The van der Waals surface area contributed by atoms with E-state index >= 15 is 0 Å². The van der Waals surface area contributed by atoms with Gasteiger partial charge in [-0.15, -0.1) is 0 Å². The summed E-state index contributed by atoms with van der Waals surface area (Å²) in [5, 5.41) is 11.1. The van der Waals surface area contributed by atoms with Crippen LogP contribution < -0.4 is 5.43 Å². The van der Waals surface area contributed by atoms with Crippen LogP contribution in [0.3, 0.4) is 0 Å². The molecule has 4 heteroatoms. The van der Waals surface area contributed by atoms with E-state index in [1.165, 1.54) is 16.7 Å². The Morgan fingerprint density at radius 2 is 1.55 bits per heavy atom. The predicted molar refractivity (Wildman–Crippen MR) is 160 cm³/mol. The molecule has 0 amide bonds. The molecule has 1 aromatic carbocycles. The number of fused-ring (bicyclic) bond motifs is 2. The van der Waals surface area contributed by atoms with E-state index in [0.29, 0.717) is 41.7 Å². The third-order valence-corrected chi connectivity index (χ3v) is 7.54. The molecule has 4 nitrogen and oxygen atoms in total. The van der Waals surface area contributed by atoms with Gasteiger partial charge >= 0.3 is 0 Å². The highest BCUT2D eigenvalue weighted by molar-refractivity contribution is 5.78. The Hall–Kier alpha value is -2.98. The van der Waals surface area contributed by atoms with E-state index < -0.39 is 5.60 Å². The minimum absolute atomic E-state index is 0.00781. The maximum atomic E-state index is 13.2. The van der Waals surface area contributed by atoms with Crippen LogP contribution in [0.4, 0.5) is 0 Å². The molecule has 0 bridgehead atoms. The fraction of sp³-hybridized carbons (Fsp3) is 0.471. The summed E-state index contributed by atoms with van der Waals surface area (Å²) in [6.45, 7) is 14.3. The first-order valence-electron chi connectivity index (χ1n) is 14.0.